The maximum atomic E-state index is 12.3. The van der Waals surface area contributed by atoms with Gasteiger partial charge in [0.05, 0.1) is 9.21 Å². The number of hydrogen-bond acceptors (Lipinski definition) is 2. The maximum Gasteiger partial charge on any atom is 0.180 e. The highest BCUT2D eigenvalue weighted by Crippen LogP contribution is 2.29. The minimum atomic E-state index is -0.0640. The second-order valence-corrected chi connectivity index (χ2v) is 5.55. The molecule has 88 valence electrons. The lowest BCUT2D eigenvalue weighted by Gasteiger charge is -2.12. The summed E-state index contributed by atoms with van der Waals surface area (Å²) in [4.78, 5) is 13.1. The van der Waals surface area contributed by atoms with Crippen LogP contribution in [0.15, 0.2) is 42.5 Å². The average Bonchev–Trinajstić information content (AvgIpc) is 2.78. The number of carbonyl (C=O) groups excluding carboxylic acids is 1. The molecule has 3 heteroatoms. The fourth-order valence-corrected chi connectivity index (χ4v) is 2.91. The average molecular weight is 265 g/mol. The third-order valence-electron chi connectivity index (χ3n) is 2.74. The Bertz CT molecular complexity index is 504. The van der Waals surface area contributed by atoms with Crippen LogP contribution < -0.4 is 0 Å². The smallest absolute Gasteiger partial charge is 0.180 e. The molecule has 0 aliphatic heterocycles. The normalized spacial score (nSPS) is 12.4. The van der Waals surface area contributed by atoms with Gasteiger partial charge >= 0.3 is 0 Å². The zero-order valence-electron chi connectivity index (χ0n) is 9.52. The molecule has 0 saturated heterocycles. The monoisotopic (exact) mass is 264 g/mol. The molecule has 0 N–H and O–H groups in total. The van der Waals surface area contributed by atoms with Crippen molar-refractivity contribution in [1.82, 2.24) is 0 Å². The fourth-order valence-electron chi connectivity index (χ4n) is 1.88. The van der Waals surface area contributed by atoms with Crippen LogP contribution in [0.25, 0.3) is 0 Å². The highest BCUT2D eigenvalue weighted by Gasteiger charge is 2.21. The molecule has 0 aliphatic rings. The molecule has 1 nitrogen and oxygen atoms in total. The van der Waals surface area contributed by atoms with E-state index < -0.39 is 0 Å². The van der Waals surface area contributed by atoms with E-state index in [-0.39, 0.29) is 11.7 Å². The summed E-state index contributed by atoms with van der Waals surface area (Å²) in [6, 6.07) is 13.5. The van der Waals surface area contributed by atoms with E-state index in [4.69, 9.17) is 11.6 Å². The third kappa shape index (κ3) is 2.76. The highest BCUT2D eigenvalue weighted by molar-refractivity contribution is 7.18. The first-order valence-electron chi connectivity index (χ1n) is 5.57. The molecule has 17 heavy (non-hydrogen) atoms. The summed E-state index contributed by atoms with van der Waals surface area (Å²) in [5.41, 5.74) is 1.07. The maximum absolute atomic E-state index is 12.3. The second-order valence-electron chi connectivity index (χ2n) is 3.84. The van der Waals surface area contributed by atoms with Crippen LogP contribution >= 0.6 is 22.9 Å². The third-order valence-corrected chi connectivity index (χ3v) is 3.99. The van der Waals surface area contributed by atoms with Gasteiger partial charge < -0.3 is 0 Å². The van der Waals surface area contributed by atoms with E-state index in [0.717, 1.165) is 16.9 Å². The quantitative estimate of drug-likeness (QED) is 0.727. The van der Waals surface area contributed by atoms with Crippen LogP contribution in [-0.2, 0) is 0 Å². The number of carbonyl (C=O) groups is 1. The minimum Gasteiger partial charge on any atom is -0.293 e. The summed E-state index contributed by atoms with van der Waals surface area (Å²) in [7, 11) is 0. The Morgan fingerprint density at radius 3 is 2.47 bits per heavy atom. The van der Waals surface area contributed by atoms with E-state index in [1.54, 1.807) is 12.1 Å². The lowest BCUT2D eigenvalue weighted by molar-refractivity contribution is 0.0961. The molecule has 2 rings (SSSR count). The van der Waals surface area contributed by atoms with Crippen molar-refractivity contribution in [2.45, 2.75) is 19.3 Å². The van der Waals surface area contributed by atoms with E-state index in [0.29, 0.717) is 4.34 Å². The van der Waals surface area contributed by atoms with Crippen molar-refractivity contribution < 1.29 is 4.79 Å². The van der Waals surface area contributed by atoms with Gasteiger partial charge in [-0.25, -0.2) is 0 Å². The van der Waals surface area contributed by atoms with Crippen molar-refractivity contribution in [2.24, 2.45) is 0 Å². The summed E-state index contributed by atoms with van der Waals surface area (Å²) >= 11 is 7.21. The lowest BCUT2D eigenvalue weighted by Crippen LogP contribution is -2.10. The Morgan fingerprint density at radius 2 is 1.94 bits per heavy atom. The Kier molecular flexibility index (Phi) is 3.97. The summed E-state index contributed by atoms with van der Waals surface area (Å²) in [6.45, 7) is 2.03. The topological polar surface area (TPSA) is 17.1 Å². The molecule has 0 amide bonds. The summed E-state index contributed by atoms with van der Waals surface area (Å²) < 4.78 is 0.663. The summed E-state index contributed by atoms with van der Waals surface area (Å²) in [5.74, 6) is 0.0986. The van der Waals surface area contributed by atoms with Gasteiger partial charge in [0.2, 0.25) is 0 Å². The molecule has 1 atom stereocenters. The molecule has 0 saturated carbocycles. The first-order valence-corrected chi connectivity index (χ1v) is 6.76. The molecule has 0 bridgehead atoms. The van der Waals surface area contributed by atoms with E-state index in [1.165, 1.54) is 11.3 Å². The second kappa shape index (κ2) is 5.48. The van der Waals surface area contributed by atoms with Crippen molar-refractivity contribution in [2.75, 3.05) is 0 Å². The predicted octanol–water partition coefficient (Wildman–Crippen LogP) is 4.78. The molecule has 0 spiro atoms. The number of halogens is 1. The van der Waals surface area contributed by atoms with Crippen molar-refractivity contribution in [3.8, 4) is 0 Å². The van der Waals surface area contributed by atoms with Crippen molar-refractivity contribution in [1.29, 1.82) is 0 Å². The molecule has 2 aromatic rings. The molecule has 0 radical (unpaired) electrons. The first kappa shape index (κ1) is 12.3. The van der Waals surface area contributed by atoms with Gasteiger partial charge in [0.1, 0.15) is 0 Å². The van der Waals surface area contributed by atoms with Gasteiger partial charge in [-0.2, -0.15) is 0 Å². The number of ketones is 1. The highest BCUT2D eigenvalue weighted by atomic mass is 35.5. The fraction of sp³-hybridized carbons (Fsp3) is 0.214. The van der Waals surface area contributed by atoms with Gasteiger partial charge in [-0.1, -0.05) is 48.9 Å². The van der Waals surface area contributed by atoms with Crippen molar-refractivity contribution >= 4 is 28.7 Å². The predicted molar refractivity (Wildman–Crippen MR) is 73.1 cm³/mol. The number of Topliss-reactive ketones (excluding diaryl/α,β-unsaturated/α-hetero) is 1. The standard InChI is InChI=1S/C14H13ClOS/c1-2-11(10-6-4-3-5-7-10)14(16)12-8-9-13(15)17-12/h3-9,11H,2H2,1H3. The Labute approximate surface area is 110 Å². The van der Waals surface area contributed by atoms with Gasteiger partial charge in [0.15, 0.2) is 5.78 Å². The largest absolute Gasteiger partial charge is 0.293 e. The van der Waals surface area contributed by atoms with Crippen LogP contribution in [0.1, 0.15) is 34.5 Å². The van der Waals surface area contributed by atoms with Crippen LogP contribution in [0.5, 0.6) is 0 Å². The van der Waals surface area contributed by atoms with Crippen LogP contribution in [0, 0.1) is 0 Å². The van der Waals surface area contributed by atoms with Crippen molar-refractivity contribution in [3.63, 3.8) is 0 Å². The molecule has 1 heterocycles. The zero-order valence-corrected chi connectivity index (χ0v) is 11.1. The first-order chi connectivity index (χ1) is 8.22. The van der Waals surface area contributed by atoms with Gasteiger partial charge in [0, 0.05) is 5.92 Å². The van der Waals surface area contributed by atoms with E-state index in [2.05, 4.69) is 0 Å². The minimum absolute atomic E-state index is 0.0640. The molecular weight excluding hydrogens is 252 g/mol. The van der Waals surface area contributed by atoms with Crippen LogP contribution in [0.4, 0.5) is 0 Å². The van der Waals surface area contributed by atoms with Gasteiger partial charge in [-0.3, -0.25) is 4.79 Å². The lowest BCUT2D eigenvalue weighted by atomic mass is 9.91. The molecule has 0 fully saturated rings. The number of hydrogen-bond donors (Lipinski definition) is 0. The van der Waals surface area contributed by atoms with E-state index >= 15 is 0 Å². The molecule has 1 unspecified atom stereocenters. The SMILES string of the molecule is CCC(C(=O)c1ccc(Cl)s1)c1ccccc1. The number of benzene rings is 1. The zero-order chi connectivity index (χ0) is 12.3. The van der Waals surface area contributed by atoms with E-state index in [9.17, 15) is 4.79 Å². The summed E-state index contributed by atoms with van der Waals surface area (Å²) in [6.07, 6.45) is 0.804. The van der Waals surface area contributed by atoms with Crippen LogP contribution in [0.3, 0.4) is 0 Å². The Morgan fingerprint density at radius 1 is 1.24 bits per heavy atom. The van der Waals surface area contributed by atoms with Gasteiger partial charge in [0.25, 0.3) is 0 Å². The van der Waals surface area contributed by atoms with Gasteiger partial charge in [-0.15, -0.1) is 11.3 Å². The number of rotatable bonds is 4. The summed E-state index contributed by atoms with van der Waals surface area (Å²) in [5, 5.41) is 0. The molecule has 1 aromatic carbocycles. The van der Waals surface area contributed by atoms with Crippen LogP contribution in [0.2, 0.25) is 4.34 Å². The molecular formula is C14H13ClOS. The Balaban J connectivity index is 2.28. The molecule has 0 aliphatic carbocycles. The van der Waals surface area contributed by atoms with E-state index in [1.807, 2.05) is 37.3 Å². The van der Waals surface area contributed by atoms with Crippen LogP contribution in [-0.4, -0.2) is 5.78 Å². The molecule has 1 aromatic heterocycles. The number of thiophene rings is 1. The van der Waals surface area contributed by atoms with Gasteiger partial charge in [-0.05, 0) is 24.1 Å². The Hall–Kier alpha value is -1.12. The van der Waals surface area contributed by atoms with Crippen molar-refractivity contribution in [3.05, 3.63) is 57.2 Å².